The van der Waals surface area contributed by atoms with E-state index in [-0.39, 0.29) is 36.1 Å². The van der Waals surface area contributed by atoms with Gasteiger partial charge in [0.1, 0.15) is 11.6 Å². The van der Waals surface area contributed by atoms with Crippen molar-refractivity contribution in [1.29, 1.82) is 0 Å². The van der Waals surface area contributed by atoms with Crippen LogP contribution < -0.4 is 4.74 Å². The summed E-state index contributed by atoms with van der Waals surface area (Å²) in [6, 6.07) is 15.0. The van der Waals surface area contributed by atoms with E-state index in [1.807, 2.05) is 13.0 Å². The standard InChI is InChI=1S/C25H26FN3O4/c1-16-13-29(17(2)12-28(16)14-18-7-9-19(26)10-8-18)24(30)15-33-23-11-22(25(31)32)27-21-6-4-3-5-20(21)23/h3-11,16-17H,12-15H2,1-2H3,(H,31,32)/t16-,17+/m0/s1. The number of amides is 1. The van der Waals surface area contributed by atoms with E-state index in [2.05, 4.69) is 16.8 Å². The topological polar surface area (TPSA) is 83.0 Å². The highest BCUT2D eigenvalue weighted by Crippen LogP contribution is 2.26. The zero-order valence-electron chi connectivity index (χ0n) is 18.6. The number of hydrogen-bond donors (Lipinski definition) is 1. The van der Waals surface area contributed by atoms with E-state index in [0.29, 0.717) is 36.3 Å². The number of ether oxygens (including phenoxy) is 1. The van der Waals surface area contributed by atoms with Gasteiger partial charge in [0.05, 0.1) is 5.52 Å². The maximum absolute atomic E-state index is 13.2. The lowest BCUT2D eigenvalue weighted by Crippen LogP contribution is -2.58. The molecule has 7 nitrogen and oxygen atoms in total. The summed E-state index contributed by atoms with van der Waals surface area (Å²) in [6.07, 6.45) is 0. The number of halogens is 1. The van der Waals surface area contributed by atoms with Crippen LogP contribution in [-0.2, 0) is 11.3 Å². The van der Waals surface area contributed by atoms with Gasteiger partial charge in [-0.3, -0.25) is 9.69 Å². The Kier molecular flexibility index (Phi) is 6.55. The third-order valence-corrected chi connectivity index (χ3v) is 5.98. The molecular formula is C25H26FN3O4. The van der Waals surface area contributed by atoms with Crippen LogP contribution in [0.2, 0.25) is 0 Å². The van der Waals surface area contributed by atoms with Crippen molar-refractivity contribution < 1.29 is 23.8 Å². The average Bonchev–Trinajstić information content (AvgIpc) is 2.80. The number of rotatable bonds is 6. The SMILES string of the molecule is C[C@@H]1CN(Cc2ccc(F)cc2)[C@@H](C)CN1C(=O)COc1cc(C(=O)O)nc2ccccc12. The number of piperazine rings is 1. The molecule has 0 spiro atoms. The van der Waals surface area contributed by atoms with Crippen LogP contribution in [-0.4, -0.2) is 63.5 Å². The zero-order valence-corrected chi connectivity index (χ0v) is 18.6. The molecule has 0 aliphatic carbocycles. The van der Waals surface area contributed by atoms with Crippen LogP contribution in [0.25, 0.3) is 10.9 Å². The first kappa shape index (κ1) is 22.7. The van der Waals surface area contributed by atoms with Crippen molar-refractivity contribution in [2.75, 3.05) is 19.7 Å². The minimum Gasteiger partial charge on any atom is -0.483 e. The third kappa shape index (κ3) is 5.12. The van der Waals surface area contributed by atoms with Gasteiger partial charge in [0.25, 0.3) is 5.91 Å². The molecule has 172 valence electrons. The average molecular weight is 451 g/mol. The Morgan fingerprint density at radius 3 is 2.55 bits per heavy atom. The Morgan fingerprint density at radius 1 is 1.09 bits per heavy atom. The number of para-hydroxylation sites is 1. The minimum atomic E-state index is -1.16. The molecule has 1 fully saturated rings. The van der Waals surface area contributed by atoms with Crippen LogP contribution in [0, 0.1) is 5.82 Å². The third-order valence-electron chi connectivity index (χ3n) is 5.98. The minimum absolute atomic E-state index is 0.0264. The van der Waals surface area contributed by atoms with Gasteiger partial charge in [-0.2, -0.15) is 0 Å². The summed E-state index contributed by atoms with van der Waals surface area (Å²) >= 11 is 0. The van der Waals surface area contributed by atoms with E-state index in [4.69, 9.17) is 4.74 Å². The van der Waals surface area contributed by atoms with Crippen LogP contribution >= 0.6 is 0 Å². The number of fused-ring (bicyclic) bond motifs is 1. The van der Waals surface area contributed by atoms with Crippen molar-refractivity contribution in [3.63, 3.8) is 0 Å². The van der Waals surface area contributed by atoms with Gasteiger partial charge in [0.2, 0.25) is 0 Å². The summed E-state index contributed by atoms with van der Waals surface area (Å²) in [6.45, 7) is 5.78. The van der Waals surface area contributed by atoms with Crippen LogP contribution in [0.1, 0.15) is 29.9 Å². The molecular weight excluding hydrogens is 425 g/mol. The molecule has 2 heterocycles. The second-order valence-electron chi connectivity index (χ2n) is 8.42. The molecule has 1 saturated heterocycles. The van der Waals surface area contributed by atoms with E-state index in [0.717, 1.165) is 5.56 Å². The Hall–Kier alpha value is -3.52. The molecule has 1 aliphatic heterocycles. The predicted octanol–water partition coefficient (Wildman–Crippen LogP) is 3.57. The van der Waals surface area contributed by atoms with E-state index < -0.39 is 5.97 Å². The highest BCUT2D eigenvalue weighted by atomic mass is 19.1. The lowest BCUT2D eigenvalue weighted by molar-refractivity contribution is -0.139. The number of hydrogen-bond acceptors (Lipinski definition) is 5. The van der Waals surface area contributed by atoms with Crippen molar-refractivity contribution in [1.82, 2.24) is 14.8 Å². The maximum atomic E-state index is 13.2. The number of carboxylic acid groups (broad SMARTS) is 1. The molecule has 2 aromatic carbocycles. The normalized spacial score (nSPS) is 18.9. The second kappa shape index (κ2) is 9.54. The van der Waals surface area contributed by atoms with Gasteiger partial charge in [-0.25, -0.2) is 14.2 Å². The summed E-state index contributed by atoms with van der Waals surface area (Å²) < 4.78 is 19.0. The highest BCUT2D eigenvalue weighted by molar-refractivity contribution is 5.93. The van der Waals surface area contributed by atoms with Gasteiger partial charge in [-0.1, -0.05) is 24.3 Å². The maximum Gasteiger partial charge on any atom is 0.354 e. The molecule has 1 aliphatic rings. The Labute approximate surface area is 191 Å². The predicted molar refractivity (Wildman–Crippen MR) is 122 cm³/mol. The molecule has 4 rings (SSSR count). The summed E-state index contributed by atoms with van der Waals surface area (Å²) in [5, 5.41) is 10.00. The molecule has 8 heteroatoms. The first-order valence-electron chi connectivity index (χ1n) is 10.9. The van der Waals surface area contributed by atoms with Gasteiger partial charge in [-0.05, 0) is 43.7 Å². The smallest absolute Gasteiger partial charge is 0.354 e. The first-order valence-corrected chi connectivity index (χ1v) is 10.9. The lowest BCUT2D eigenvalue weighted by Gasteiger charge is -2.44. The molecule has 1 aromatic heterocycles. The number of aromatic carboxylic acids is 1. The number of carbonyl (C=O) groups excluding carboxylic acids is 1. The summed E-state index contributed by atoms with van der Waals surface area (Å²) in [7, 11) is 0. The van der Waals surface area contributed by atoms with E-state index in [9.17, 15) is 19.1 Å². The zero-order chi connectivity index (χ0) is 23.5. The number of pyridine rings is 1. The number of aromatic nitrogens is 1. The molecule has 0 bridgehead atoms. The van der Waals surface area contributed by atoms with Crippen LogP contribution in [0.5, 0.6) is 5.75 Å². The monoisotopic (exact) mass is 451 g/mol. The van der Waals surface area contributed by atoms with Crippen LogP contribution in [0.4, 0.5) is 4.39 Å². The van der Waals surface area contributed by atoms with Crippen LogP contribution in [0.15, 0.2) is 54.6 Å². The number of benzene rings is 2. The fraction of sp³-hybridized carbons (Fsp3) is 0.320. The summed E-state index contributed by atoms with van der Waals surface area (Å²) in [4.78, 5) is 32.6. The highest BCUT2D eigenvalue weighted by Gasteiger charge is 2.32. The quantitative estimate of drug-likeness (QED) is 0.617. The molecule has 0 radical (unpaired) electrons. The fourth-order valence-electron chi connectivity index (χ4n) is 4.19. The van der Waals surface area contributed by atoms with Gasteiger partial charge < -0.3 is 14.7 Å². The van der Waals surface area contributed by atoms with Gasteiger partial charge in [0, 0.05) is 43.2 Å². The molecule has 0 unspecified atom stereocenters. The molecule has 33 heavy (non-hydrogen) atoms. The summed E-state index contributed by atoms with van der Waals surface area (Å²) in [5.41, 5.74) is 1.39. The first-order chi connectivity index (χ1) is 15.8. The van der Waals surface area contributed by atoms with E-state index >= 15 is 0 Å². The van der Waals surface area contributed by atoms with Gasteiger partial charge >= 0.3 is 5.97 Å². The number of nitrogens with zero attached hydrogens (tertiary/aromatic N) is 3. The second-order valence-corrected chi connectivity index (χ2v) is 8.42. The van der Waals surface area contributed by atoms with Crippen molar-refractivity contribution in [2.24, 2.45) is 0 Å². The molecule has 2 atom stereocenters. The van der Waals surface area contributed by atoms with Crippen molar-refractivity contribution in [3.8, 4) is 5.75 Å². The molecule has 1 N–H and O–H groups in total. The molecule has 3 aromatic rings. The number of carbonyl (C=O) groups is 2. The van der Waals surface area contributed by atoms with E-state index in [1.165, 1.54) is 18.2 Å². The molecule has 1 amide bonds. The van der Waals surface area contributed by atoms with Crippen molar-refractivity contribution in [3.05, 3.63) is 71.7 Å². The van der Waals surface area contributed by atoms with Gasteiger partial charge in [0.15, 0.2) is 12.3 Å². The Bertz CT molecular complexity index is 1170. The lowest BCUT2D eigenvalue weighted by atomic mass is 10.1. The van der Waals surface area contributed by atoms with Crippen LogP contribution in [0.3, 0.4) is 0 Å². The van der Waals surface area contributed by atoms with Crippen molar-refractivity contribution in [2.45, 2.75) is 32.5 Å². The summed E-state index contributed by atoms with van der Waals surface area (Å²) in [5.74, 6) is -1.25. The molecule has 0 saturated carbocycles. The largest absolute Gasteiger partial charge is 0.483 e. The Balaban J connectivity index is 1.42. The Morgan fingerprint density at radius 2 is 1.82 bits per heavy atom. The van der Waals surface area contributed by atoms with E-state index in [1.54, 1.807) is 35.2 Å². The number of carboxylic acids is 1. The van der Waals surface area contributed by atoms with Gasteiger partial charge in [-0.15, -0.1) is 0 Å². The van der Waals surface area contributed by atoms with Crippen molar-refractivity contribution >= 4 is 22.8 Å². The fourth-order valence-corrected chi connectivity index (χ4v) is 4.19.